The highest BCUT2D eigenvalue weighted by atomic mass is 16.4. The van der Waals surface area contributed by atoms with Gasteiger partial charge in [0.25, 0.3) is 0 Å². The van der Waals surface area contributed by atoms with Crippen molar-refractivity contribution >= 4 is 22.6 Å². The van der Waals surface area contributed by atoms with Crippen LogP contribution in [0, 0.1) is 6.92 Å². The Morgan fingerprint density at radius 1 is 1.08 bits per heavy atom. The van der Waals surface area contributed by atoms with Crippen LogP contribution in [0.1, 0.15) is 50.2 Å². The quantitative estimate of drug-likeness (QED) is 0.754. The Bertz CT molecular complexity index is 905. The Labute approximate surface area is 145 Å². The molecule has 2 amide bonds. The molecule has 1 atom stereocenters. The Morgan fingerprint density at radius 2 is 1.84 bits per heavy atom. The highest BCUT2D eigenvalue weighted by molar-refractivity contribution is 6.00. The van der Waals surface area contributed by atoms with Crippen molar-refractivity contribution in [3.8, 4) is 0 Å². The van der Waals surface area contributed by atoms with E-state index in [-0.39, 0.29) is 11.9 Å². The first-order chi connectivity index (χ1) is 11.9. The lowest BCUT2D eigenvalue weighted by Gasteiger charge is -2.12. The highest BCUT2D eigenvalue weighted by Gasteiger charge is 2.18. The molecule has 0 radical (unpaired) electrons. The molecule has 0 saturated carbocycles. The third-order valence-electron chi connectivity index (χ3n) is 3.67. The summed E-state index contributed by atoms with van der Waals surface area (Å²) in [5.41, 5.74) is 2.16. The van der Waals surface area contributed by atoms with Gasteiger partial charge in [-0.1, -0.05) is 19.9 Å². The van der Waals surface area contributed by atoms with Crippen LogP contribution in [0.25, 0.3) is 10.9 Å². The van der Waals surface area contributed by atoms with Crippen LogP contribution in [0.3, 0.4) is 0 Å². The number of carbonyl (C=O) groups excluding carboxylic acids is 1. The van der Waals surface area contributed by atoms with Crippen LogP contribution in [0.2, 0.25) is 0 Å². The van der Waals surface area contributed by atoms with Gasteiger partial charge in [-0.25, -0.2) is 4.79 Å². The zero-order chi connectivity index (χ0) is 18.0. The van der Waals surface area contributed by atoms with E-state index in [1.807, 2.05) is 45.0 Å². The number of nitrogens with zero attached hydrogens (tertiary/aromatic N) is 4. The molecule has 8 heteroatoms. The Morgan fingerprint density at radius 3 is 2.56 bits per heavy atom. The number of anilines is 1. The maximum absolute atomic E-state index is 12.3. The second-order valence-corrected chi connectivity index (χ2v) is 6.18. The van der Waals surface area contributed by atoms with Crippen LogP contribution in [0.15, 0.2) is 28.7 Å². The minimum Gasteiger partial charge on any atom is -0.423 e. The molecule has 2 N–H and O–H groups in total. The number of hydrogen-bond donors (Lipinski definition) is 2. The SMILES string of the molecule is Cc1cc2c(NC(=O)N[C@@H](C)c3nnc(C(C)C)o3)cccc2nn1. The van der Waals surface area contributed by atoms with Crippen LogP contribution in [0.4, 0.5) is 10.5 Å². The summed E-state index contributed by atoms with van der Waals surface area (Å²) in [5.74, 6) is 1.06. The fourth-order valence-corrected chi connectivity index (χ4v) is 2.34. The van der Waals surface area contributed by atoms with E-state index in [1.165, 1.54) is 0 Å². The predicted octanol–water partition coefficient (Wildman–Crippen LogP) is 3.33. The van der Waals surface area contributed by atoms with E-state index in [2.05, 4.69) is 31.0 Å². The number of hydrogen-bond acceptors (Lipinski definition) is 6. The van der Waals surface area contributed by atoms with Gasteiger partial charge in [0.15, 0.2) is 0 Å². The maximum Gasteiger partial charge on any atom is 0.319 e. The number of benzene rings is 1. The lowest BCUT2D eigenvalue weighted by Crippen LogP contribution is -2.31. The minimum absolute atomic E-state index is 0.141. The molecule has 1 aromatic carbocycles. The normalized spacial score (nSPS) is 12.4. The number of aryl methyl sites for hydroxylation is 1. The summed E-state index contributed by atoms with van der Waals surface area (Å²) < 4.78 is 5.56. The first-order valence-electron chi connectivity index (χ1n) is 8.08. The van der Waals surface area contributed by atoms with Crippen molar-refractivity contribution in [2.45, 2.75) is 39.7 Å². The van der Waals surface area contributed by atoms with Gasteiger partial charge in [-0.05, 0) is 32.0 Å². The molecule has 2 heterocycles. The van der Waals surface area contributed by atoms with E-state index >= 15 is 0 Å². The Balaban J connectivity index is 1.73. The summed E-state index contributed by atoms with van der Waals surface area (Å²) >= 11 is 0. The van der Waals surface area contributed by atoms with E-state index in [9.17, 15) is 4.79 Å². The molecule has 0 aliphatic rings. The van der Waals surface area contributed by atoms with Gasteiger partial charge in [0.1, 0.15) is 6.04 Å². The number of rotatable bonds is 4. The van der Waals surface area contributed by atoms with Gasteiger partial charge < -0.3 is 15.1 Å². The van der Waals surface area contributed by atoms with Gasteiger partial charge in [0.05, 0.1) is 16.9 Å². The second-order valence-electron chi connectivity index (χ2n) is 6.18. The predicted molar refractivity (Wildman–Crippen MR) is 93.2 cm³/mol. The molecule has 0 aliphatic carbocycles. The van der Waals surface area contributed by atoms with Gasteiger partial charge in [-0.15, -0.1) is 10.2 Å². The lowest BCUT2D eigenvalue weighted by molar-refractivity contribution is 0.247. The summed E-state index contributed by atoms with van der Waals surface area (Å²) in [7, 11) is 0. The average molecular weight is 340 g/mol. The van der Waals surface area contributed by atoms with Gasteiger partial charge >= 0.3 is 6.03 Å². The van der Waals surface area contributed by atoms with Crippen LogP contribution in [0.5, 0.6) is 0 Å². The number of urea groups is 1. The summed E-state index contributed by atoms with van der Waals surface area (Å²) in [6, 6.07) is 6.60. The van der Waals surface area contributed by atoms with Crippen LogP contribution < -0.4 is 10.6 Å². The molecule has 8 nitrogen and oxygen atoms in total. The Kier molecular flexibility index (Phi) is 4.60. The van der Waals surface area contributed by atoms with E-state index in [0.717, 1.165) is 16.6 Å². The zero-order valence-corrected chi connectivity index (χ0v) is 14.6. The van der Waals surface area contributed by atoms with Gasteiger partial charge in [-0.2, -0.15) is 10.2 Å². The standard InChI is InChI=1S/C17H20N6O2/c1-9(2)15-22-23-16(25-15)11(4)18-17(24)19-13-6-5-7-14-12(13)8-10(3)20-21-14/h5-9,11H,1-4H3,(H2,18,19,24)/t11-/m0/s1. The van der Waals surface area contributed by atoms with Crippen molar-refractivity contribution in [3.63, 3.8) is 0 Å². The van der Waals surface area contributed by atoms with E-state index in [0.29, 0.717) is 17.5 Å². The number of amides is 2. The van der Waals surface area contributed by atoms with Crippen molar-refractivity contribution in [1.29, 1.82) is 0 Å². The largest absolute Gasteiger partial charge is 0.423 e. The molecule has 130 valence electrons. The van der Waals surface area contributed by atoms with Crippen LogP contribution >= 0.6 is 0 Å². The molecular formula is C17H20N6O2. The van der Waals surface area contributed by atoms with Crippen molar-refractivity contribution in [2.75, 3.05) is 5.32 Å². The summed E-state index contributed by atoms with van der Waals surface area (Å²) in [4.78, 5) is 12.3. The fourth-order valence-electron chi connectivity index (χ4n) is 2.34. The third-order valence-corrected chi connectivity index (χ3v) is 3.67. The molecule has 25 heavy (non-hydrogen) atoms. The molecule has 0 bridgehead atoms. The molecule has 0 fully saturated rings. The maximum atomic E-state index is 12.3. The first-order valence-corrected chi connectivity index (χ1v) is 8.08. The topological polar surface area (TPSA) is 106 Å². The zero-order valence-electron chi connectivity index (χ0n) is 14.6. The third kappa shape index (κ3) is 3.73. The highest BCUT2D eigenvalue weighted by Crippen LogP contribution is 2.22. The molecule has 0 unspecified atom stereocenters. The smallest absolute Gasteiger partial charge is 0.319 e. The lowest BCUT2D eigenvalue weighted by atomic mass is 10.2. The molecule has 0 aliphatic heterocycles. The second kappa shape index (κ2) is 6.84. The van der Waals surface area contributed by atoms with E-state index in [4.69, 9.17) is 4.42 Å². The number of nitrogens with one attached hydrogen (secondary N) is 2. The minimum atomic E-state index is -0.406. The van der Waals surface area contributed by atoms with Crippen molar-refractivity contribution in [2.24, 2.45) is 0 Å². The molecule has 0 spiro atoms. The van der Waals surface area contributed by atoms with Crippen molar-refractivity contribution < 1.29 is 9.21 Å². The molecule has 3 rings (SSSR count). The van der Waals surface area contributed by atoms with Crippen LogP contribution in [-0.2, 0) is 0 Å². The molecular weight excluding hydrogens is 320 g/mol. The van der Waals surface area contributed by atoms with Gasteiger partial charge in [0, 0.05) is 11.3 Å². The first kappa shape index (κ1) is 16.8. The number of fused-ring (bicyclic) bond motifs is 1. The molecule has 0 saturated heterocycles. The van der Waals surface area contributed by atoms with E-state index < -0.39 is 6.04 Å². The number of aromatic nitrogens is 4. The van der Waals surface area contributed by atoms with Crippen molar-refractivity contribution in [3.05, 3.63) is 41.7 Å². The molecule has 2 aromatic heterocycles. The fraction of sp³-hybridized carbons (Fsp3) is 0.353. The summed E-state index contributed by atoms with van der Waals surface area (Å²) in [6.07, 6.45) is 0. The monoisotopic (exact) mass is 340 g/mol. The van der Waals surface area contributed by atoms with Crippen molar-refractivity contribution in [1.82, 2.24) is 25.7 Å². The number of carbonyl (C=O) groups is 1. The Hall–Kier alpha value is -3.03. The van der Waals surface area contributed by atoms with E-state index in [1.54, 1.807) is 6.92 Å². The van der Waals surface area contributed by atoms with Gasteiger partial charge in [-0.3, -0.25) is 0 Å². The summed E-state index contributed by atoms with van der Waals surface area (Å²) in [6.45, 7) is 7.57. The van der Waals surface area contributed by atoms with Crippen LogP contribution in [-0.4, -0.2) is 26.4 Å². The molecule has 3 aromatic rings. The summed E-state index contributed by atoms with van der Waals surface area (Å²) in [5, 5.41) is 22.6. The average Bonchev–Trinajstić information content (AvgIpc) is 3.06. The van der Waals surface area contributed by atoms with Gasteiger partial charge in [0.2, 0.25) is 11.8 Å².